The number of halogens is 1. The molecular formula is C26H27FN6O3S. The Morgan fingerprint density at radius 1 is 1.03 bits per heavy atom. The van der Waals surface area contributed by atoms with E-state index in [-0.39, 0.29) is 23.3 Å². The molecule has 0 saturated heterocycles. The third kappa shape index (κ3) is 3.89. The maximum absolute atomic E-state index is 14.4. The number of nitrogens with zero attached hydrogens (tertiary/aromatic N) is 4. The minimum atomic E-state index is -3.39. The number of hydrogen-bond donors (Lipinski definition) is 2. The molecule has 11 heteroatoms. The van der Waals surface area contributed by atoms with Crippen molar-refractivity contribution >= 4 is 15.7 Å². The largest absolute Gasteiger partial charge is 0.338 e. The van der Waals surface area contributed by atoms with Gasteiger partial charge in [-0.3, -0.25) is 13.9 Å². The molecule has 0 fully saturated rings. The van der Waals surface area contributed by atoms with Crippen molar-refractivity contribution in [2.45, 2.75) is 39.7 Å². The molecule has 2 aromatic heterocycles. The third-order valence-corrected chi connectivity index (χ3v) is 8.44. The van der Waals surface area contributed by atoms with Crippen molar-refractivity contribution in [2.75, 3.05) is 17.0 Å². The number of sulfonamides is 1. The summed E-state index contributed by atoms with van der Waals surface area (Å²) < 4.78 is 45.9. The number of nitrogens with one attached hydrogen (secondary N) is 2. The molecule has 4 aromatic rings. The number of imidazole rings is 1. The van der Waals surface area contributed by atoms with Gasteiger partial charge in [0.15, 0.2) is 0 Å². The fraction of sp³-hybridized carbons (Fsp3) is 0.308. The van der Waals surface area contributed by atoms with E-state index in [4.69, 9.17) is 5.10 Å². The standard InChI is InChI=1S/C26H27FN6O3S/c1-15-12-20(13-16(2)24(15)27)33-25(23-17(3)28-8-6-21(23)29-33)32-10-9-31(26(32)34)19-5-4-18-7-11-37(35,36)30-22(18)14-19/h4-5,9-10,12-14,17,28,30H,6-8,11H2,1-3H3/t17-/m0/s1. The lowest BCUT2D eigenvalue weighted by Gasteiger charge is -2.21. The fourth-order valence-electron chi connectivity index (χ4n) is 5.28. The Kier molecular flexibility index (Phi) is 5.39. The highest BCUT2D eigenvalue weighted by molar-refractivity contribution is 7.92. The highest BCUT2D eigenvalue weighted by Gasteiger charge is 2.29. The molecule has 0 unspecified atom stereocenters. The van der Waals surface area contributed by atoms with Gasteiger partial charge >= 0.3 is 5.69 Å². The average Bonchev–Trinajstić information content (AvgIpc) is 3.42. The summed E-state index contributed by atoms with van der Waals surface area (Å²) in [6.45, 7) is 6.23. The molecule has 0 bridgehead atoms. The summed E-state index contributed by atoms with van der Waals surface area (Å²) in [6.07, 6.45) is 4.48. The first kappa shape index (κ1) is 23.7. The predicted octanol–water partition coefficient (Wildman–Crippen LogP) is 3.07. The molecule has 0 aliphatic carbocycles. The number of fused-ring (bicyclic) bond motifs is 2. The predicted molar refractivity (Wildman–Crippen MR) is 139 cm³/mol. The number of hydrogen-bond acceptors (Lipinski definition) is 5. The van der Waals surface area contributed by atoms with Crippen molar-refractivity contribution < 1.29 is 12.8 Å². The van der Waals surface area contributed by atoms with Crippen molar-refractivity contribution in [1.82, 2.24) is 24.2 Å². The molecule has 2 aromatic carbocycles. The molecule has 9 nitrogen and oxygen atoms in total. The van der Waals surface area contributed by atoms with E-state index < -0.39 is 10.0 Å². The molecule has 0 amide bonds. The van der Waals surface area contributed by atoms with Crippen LogP contribution in [0.15, 0.2) is 47.5 Å². The van der Waals surface area contributed by atoms with Gasteiger partial charge in [-0.2, -0.15) is 5.10 Å². The van der Waals surface area contributed by atoms with Gasteiger partial charge in [-0.25, -0.2) is 22.3 Å². The number of benzene rings is 2. The zero-order valence-electron chi connectivity index (χ0n) is 20.7. The van der Waals surface area contributed by atoms with Crippen molar-refractivity contribution in [3.63, 3.8) is 0 Å². The topological polar surface area (TPSA) is 103 Å². The Hall–Kier alpha value is -3.70. The van der Waals surface area contributed by atoms with Crippen LogP contribution in [-0.4, -0.2) is 39.6 Å². The van der Waals surface area contributed by atoms with Crippen LogP contribution in [0.3, 0.4) is 0 Å². The highest BCUT2D eigenvalue weighted by atomic mass is 32.2. The minimum absolute atomic E-state index is 0.0384. The maximum atomic E-state index is 14.4. The number of aryl methyl sites for hydroxylation is 3. The summed E-state index contributed by atoms with van der Waals surface area (Å²) in [5.74, 6) is 0.380. The molecule has 0 saturated carbocycles. The van der Waals surface area contributed by atoms with Crippen LogP contribution < -0.4 is 15.7 Å². The van der Waals surface area contributed by atoms with Gasteiger partial charge in [0, 0.05) is 37.0 Å². The van der Waals surface area contributed by atoms with Crippen LogP contribution in [-0.2, 0) is 22.9 Å². The van der Waals surface area contributed by atoms with Crippen molar-refractivity contribution in [1.29, 1.82) is 0 Å². The first-order valence-corrected chi connectivity index (χ1v) is 13.8. The fourth-order valence-corrected chi connectivity index (χ4v) is 6.40. The summed E-state index contributed by atoms with van der Waals surface area (Å²) in [4.78, 5) is 13.8. The first-order valence-electron chi connectivity index (χ1n) is 12.2. The van der Waals surface area contributed by atoms with E-state index in [1.54, 1.807) is 53.7 Å². The summed E-state index contributed by atoms with van der Waals surface area (Å²) in [5, 5.41) is 8.31. The second-order valence-electron chi connectivity index (χ2n) is 9.75. The Bertz CT molecular complexity index is 1710. The van der Waals surface area contributed by atoms with Crippen LogP contribution in [0.25, 0.3) is 17.2 Å². The van der Waals surface area contributed by atoms with Crippen LogP contribution in [0.5, 0.6) is 0 Å². The number of aromatic nitrogens is 4. The molecule has 2 N–H and O–H groups in total. The van der Waals surface area contributed by atoms with Gasteiger partial charge in [-0.05, 0) is 68.1 Å². The van der Waals surface area contributed by atoms with Crippen LogP contribution >= 0.6 is 0 Å². The van der Waals surface area contributed by atoms with E-state index >= 15 is 0 Å². The molecule has 192 valence electrons. The summed E-state index contributed by atoms with van der Waals surface area (Å²) >= 11 is 0. The summed E-state index contributed by atoms with van der Waals surface area (Å²) in [6, 6.07) is 8.77. The number of anilines is 1. The van der Waals surface area contributed by atoms with Gasteiger partial charge in [-0.1, -0.05) is 6.07 Å². The van der Waals surface area contributed by atoms with Gasteiger partial charge in [0.2, 0.25) is 10.0 Å². The lowest BCUT2D eigenvalue weighted by molar-refractivity contribution is 0.536. The second-order valence-corrected chi connectivity index (χ2v) is 11.6. The molecule has 1 atom stereocenters. The Labute approximate surface area is 213 Å². The van der Waals surface area contributed by atoms with Gasteiger partial charge in [0.25, 0.3) is 0 Å². The molecule has 0 spiro atoms. The van der Waals surface area contributed by atoms with Crippen LogP contribution in [0.2, 0.25) is 0 Å². The van der Waals surface area contributed by atoms with E-state index in [1.165, 1.54) is 4.57 Å². The zero-order valence-corrected chi connectivity index (χ0v) is 21.6. The molecule has 4 heterocycles. The monoisotopic (exact) mass is 522 g/mol. The van der Waals surface area contributed by atoms with Crippen LogP contribution in [0, 0.1) is 19.7 Å². The molecule has 2 aliphatic heterocycles. The van der Waals surface area contributed by atoms with Gasteiger partial charge < -0.3 is 5.32 Å². The Morgan fingerprint density at radius 2 is 1.76 bits per heavy atom. The molecular weight excluding hydrogens is 495 g/mol. The second kappa shape index (κ2) is 8.42. The molecule has 2 aliphatic rings. The van der Waals surface area contributed by atoms with Crippen molar-refractivity contribution in [3.05, 3.63) is 87.0 Å². The Balaban J connectivity index is 1.53. The molecule has 37 heavy (non-hydrogen) atoms. The quantitative estimate of drug-likeness (QED) is 0.431. The van der Waals surface area contributed by atoms with Crippen LogP contribution in [0.4, 0.5) is 10.1 Å². The Morgan fingerprint density at radius 3 is 2.51 bits per heavy atom. The van der Waals surface area contributed by atoms with E-state index in [2.05, 4.69) is 10.0 Å². The van der Waals surface area contributed by atoms with E-state index in [9.17, 15) is 17.6 Å². The normalized spacial score (nSPS) is 18.2. The van der Waals surface area contributed by atoms with Crippen LogP contribution in [0.1, 0.15) is 40.9 Å². The summed E-state index contributed by atoms with van der Waals surface area (Å²) in [7, 11) is -3.39. The lowest BCUT2D eigenvalue weighted by Crippen LogP contribution is -2.30. The van der Waals surface area contributed by atoms with E-state index in [1.807, 2.05) is 19.1 Å². The highest BCUT2D eigenvalue weighted by Crippen LogP contribution is 2.32. The van der Waals surface area contributed by atoms with Gasteiger partial charge in [0.05, 0.1) is 28.5 Å². The van der Waals surface area contributed by atoms with Gasteiger partial charge in [-0.15, -0.1) is 0 Å². The molecule has 6 rings (SSSR count). The van der Waals surface area contributed by atoms with E-state index in [0.29, 0.717) is 46.8 Å². The van der Waals surface area contributed by atoms with Gasteiger partial charge in [0.1, 0.15) is 11.6 Å². The SMILES string of the molecule is Cc1cc(-n2nc3c(c2-n2ccn(-c4ccc5c(c4)NS(=O)(=O)CC5)c2=O)[C@H](C)NCC3)cc(C)c1F. The zero-order chi connectivity index (χ0) is 26.1. The smallest absolute Gasteiger partial charge is 0.310 e. The minimum Gasteiger partial charge on any atom is -0.310 e. The lowest BCUT2D eigenvalue weighted by atomic mass is 10.0. The summed E-state index contributed by atoms with van der Waals surface area (Å²) in [5.41, 5.74) is 5.09. The number of rotatable bonds is 3. The third-order valence-electron chi connectivity index (χ3n) is 7.17. The van der Waals surface area contributed by atoms with Crippen molar-refractivity contribution in [3.8, 4) is 17.2 Å². The van der Waals surface area contributed by atoms with Crippen molar-refractivity contribution in [2.24, 2.45) is 0 Å². The van der Waals surface area contributed by atoms with E-state index in [0.717, 1.165) is 23.4 Å². The molecule has 0 radical (unpaired) electrons. The maximum Gasteiger partial charge on any atom is 0.338 e. The average molecular weight is 523 g/mol. The first-order chi connectivity index (χ1) is 17.6.